The molecule has 0 aliphatic carbocycles. The number of esters is 1. The van der Waals surface area contributed by atoms with Crippen LogP contribution in [0.5, 0.6) is 0 Å². The van der Waals surface area contributed by atoms with Gasteiger partial charge in [0.2, 0.25) is 10.0 Å². The normalized spacial score (nSPS) is 14.4. The van der Waals surface area contributed by atoms with Crippen LogP contribution in [0.2, 0.25) is 0 Å². The molecule has 4 rings (SSSR count). The topological polar surface area (TPSA) is 92.8 Å². The van der Waals surface area contributed by atoms with Crippen molar-refractivity contribution in [3.63, 3.8) is 0 Å². The molecule has 3 aromatic carbocycles. The average molecular weight is 479 g/mol. The van der Waals surface area contributed by atoms with E-state index in [0.29, 0.717) is 24.3 Å². The molecule has 0 radical (unpaired) electrons. The summed E-state index contributed by atoms with van der Waals surface area (Å²) in [5, 5.41) is 2.60. The van der Waals surface area contributed by atoms with Gasteiger partial charge in [-0.1, -0.05) is 55.0 Å². The molecule has 1 N–H and O–H groups in total. The second kappa shape index (κ2) is 10.6. The van der Waals surface area contributed by atoms with Crippen molar-refractivity contribution in [3.05, 3.63) is 84.4 Å². The van der Waals surface area contributed by atoms with Crippen LogP contribution in [0.15, 0.2) is 83.8 Å². The van der Waals surface area contributed by atoms with Crippen LogP contribution in [0.1, 0.15) is 29.6 Å². The monoisotopic (exact) mass is 478 g/mol. The number of piperidine rings is 1. The van der Waals surface area contributed by atoms with E-state index in [-0.39, 0.29) is 4.90 Å². The zero-order valence-corrected chi connectivity index (χ0v) is 19.5. The van der Waals surface area contributed by atoms with E-state index in [4.69, 9.17) is 4.74 Å². The second-order valence-corrected chi connectivity index (χ2v) is 10.00. The Balaban J connectivity index is 1.33. The maximum atomic E-state index is 12.9. The molecule has 8 heteroatoms. The Hall–Kier alpha value is -3.49. The molecule has 0 atom stereocenters. The van der Waals surface area contributed by atoms with Crippen molar-refractivity contribution in [2.24, 2.45) is 0 Å². The smallest absolute Gasteiger partial charge is 0.338 e. The predicted octanol–water partition coefficient (Wildman–Crippen LogP) is 4.32. The van der Waals surface area contributed by atoms with Gasteiger partial charge >= 0.3 is 5.97 Å². The largest absolute Gasteiger partial charge is 0.452 e. The van der Waals surface area contributed by atoms with E-state index in [2.05, 4.69) is 5.32 Å². The molecule has 1 amide bonds. The molecule has 3 aromatic rings. The van der Waals surface area contributed by atoms with Gasteiger partial charge in [0.05, 0.1) is 10.5 Å². The number of carbonyl (C=O) groups excluding carboxylic acids is 2. The first-order chi connectivity index (χ1) is 16.4. The SMILES string of the molecule is O=C(COC(=O)c1ccc(-c2ccccc2)cc1)Nc1cccc(S(=O)(=O)N2CCCCC2)c1. The summed E-state index contributed by atoms with van der Waals surface area (Å²) in [7, 11) is -3.61. The second-order valence-electron chi connectivity index (χ2n) is 8.06. The van der Waals surface area contributed by atoms with Gasteiger partial charge < -0.3 is 10.1 Å². The first-order valence-corrected chi connectivity index (χ1v) is 12.6. The Labute approximate surface area is 199 Å². The summed E-state index contributed by atoms with van der Waals surface area (Å²) >= 11 is 0. The minimum atomic E-state index is -3.61. The molecular weight excluding hydrogens is 452 g/mol. The van der Waals surface area contributed by atoms with Crippen LogP contribution >= 0.6 is 0 Å². The lowest BCUT2D eigenvalue weighted by Crippen LogP contribution is -2.35. The highest BCUT2D eigenvalue weighted by Crippen LogP contribution is 2.23. The fraction of sp³-hybridized carbons (Fsp3) is 0.231. The number of nitrogens with zero attached hydrogens (tertiary/aromatic N) is 1. The van der Waals surface area contributed by atoms with Crippen LogP contribution in [0.3, 0.4) is 0 Å². The highest BCUT2D eigenvalue weighted by Gasteiger charge is 2.26. The maximum Gasteiger partial charge on any atom is 0.338 e. The molecule has 7 nitrogen and oxygen atoms in total. The van der Waals surface area contributed by atoms with E-state index in [1.165, 1.54) is 16.4 Å². The van der Waals surface area contributed by atoms with Crippen LogP contribution in [-0.4, -0.2) is 44.3 Å². The van der Waals surface area contributed by atoms with Gasteiger partial charge in [-0.2, -0.15) is 4.31 Å². The molecule has 1 saturated heterocycles. The third kappa shape index (κ3) is 5.70. The number of anilines is 1. The number of amides is 1. The predicted molar refractivity (Wildman–Crippen MR) is 130 cm³/mol. The number of benzene rings is 3. The van der Waals surface area contributed by atoms with E-state index in [1.807, 2.05) is 42.5 Å². The highest BCUT2D eigenvalue weighted by atomic mass is 32.2. The Kier molecular flexibility index (Phi) is 7.40. The van der Waals surface area contributed by atoms with Crippen LogP contribution in [-0.2, 0) is 19.6 Å². The molecule has 0 bridgehead atoms. The van der Waals surface area contributed by atoms with Gasteiger partial charge in [0.25, 0.3) is 5.91 Å². The van der Waals surface area contributed by atoms with Crippen molar-refractivity contribution >= 4 is 27.6 Å². The van der Waals surface area contributed by atoms with Crippen molar-refractivity contribution in [2.45, 2.75) is 24.2 Å². The van der Waals surface area contributed by atoms with Gasteiger partial charge in [0.15, 0.2) is 6.61 Å². The Morgan fingerprint density at radius 2 is 1.50 bits per heavy atom. The van der Waals surface area contributed by atoms with Gasteiger partial charge in [-0.3, -0.25) is 4.79 Å². The summed E-state index contributed by atoms with van der Waals surface area (Å²) in [6, 6.07) is 22.8. The summed E-state index contributed by atoms with van der Waals surface area (Å²) in [5.41, 5.74) is 2.66. The van der Waals surface area contributed by atoms with Crippen molar-refractivity contribution < 1.29 is 22.7 Å². The standard InChI is InChI=1S/C26H26N2O5S/c29-25(19-33-26(30)22-14-12-21(13-15-22)20-8-3-1-4-9-20)27-23-10-7-11-24(18-23)34(31,32)28-16-5-2-6-17-28/h1,3-4,7-15,18H,2,5-6,16-17,19H2,(H,27,29). The minimum absolute atomic E-state index is 0.128. The first-order valence-electron chi connectivity index (χ1n) is 11.2. The number of sulfonamides is 1. The zero-order valence-electron chi connectivity index (χ0n) is 18.6. The summed E-state index contributed by atoms with van der Waals surface area (Å²) in [6.07, 6.45) is 2.71. The third-order valence-corrected chi connectivity index (χ3v) is 7.53. The molecule has 1 heterocycles. The van der Waals surface area contributed by atoms with Crippen molar-refractivity contribution in [1.82, 2.24) is 4.31 Å². The average Bonchev–Trinajstić information content (AvgIpc) is 2.88. The van der Waals surface area contributed by atoms with E-state index in [9.17, 15) is 18.0 Å². The number of ether oxygens (including phenoxy) is 1. The summed E-state index contributed by atoms with van der Waals surface area (Å²) < 4.78 is 32.3. The number of hydrogen-bond donors (Lipinski definition) is 1. The molecule has 0 aromatic heterocycles. The lowest BCUT2D eigenvalue weighted by atomic mass is 10.0. The molecular formula is C26H26N2O5S. The van der Waals surface area contributed by atoms with Crippen molar-refractivity contribution in [2.75, 3.05) is 25.0 Å². The molecule has 1 aliphatic rings. The number of carbonyl (C=O) groups is 2. The molecule has 1 aliphatic heterocycles. The fourth-order valence-corrected chi connectivity index (χ4v) is 5.39. The van der Waals surface area contributed by atoms with Crippen LogP contribution in [0, 0.1) is 0 Å². The molecule has 0 spiro atoms. The number of nitrogens with one attached hydrogen (secondary N) is 1. The molecule has 0 unspecified atom stereocenters. The fourth-order valence-electron chi connectivity index (χ4n) is 3.83. The quantitative estimate of drug-likeness (QED) is 0.511. The minimum Gasteiger partial charge on any atom is -0.452 e. The molecule has 0 saturated carbocycles. The van der Waals surface area contributed by atoms with Gasteiger partial charge in [-0.15, -0.1) is 0 Å². The lowest BCUT2D eigenvalue weighted by Gasteiger charge is -2.26. The Morgan fingerprint density at radius 3 is 2.21 bits per heavy atom. The summed E-state index contributed by atoms with van der Waals surface area (Å²) in [4.78, 5) is 24.8. The first kappa shape index (κ1) is 23.7. The maximum absolute atomic E-state index is 12.9. The number of hydrogen-bond acceptors (Lipinski definition) is 5. The van der Waals surface area contributed by atoms with Crippen molar-refractivity contribution in [1.29, 1.82) is 0 Å². The van der Waals surface area contributed by atoms with Gasteiger partial charge in [0, 0.05) is 18.8 Å². The molecule has 1 fully saturated rings. The Bertz CT molecular complexity index is 1250. The van der Waals surface area contributed by atoms with Crippen LogP contribution < -0.4 is 5.32 Å². The van der Waals surface area contributed by atoms with E-state index in [1.54, 1.807) is 24.3 Å². The zero-order chi connectivity index (χ0) is 24.0. The van der Waals surface area contributed by atoms with E-state index >= 15 is 0 Å². The van der Waals surface area contributed by atoms with Crippen LogP contribution in [0.25, 0.3) is 11.1 Å². The van der Waals surface area contributed by atoms with E-state index < -0.39 is 28.5 Å². The van der Waals surface area contributed by atoms with Gasteiger partial charge in [-0.25, -0.2) is 13.2 Å². The third-order valence-electron chi connectivity index (χ3n) is 5.63. The van der Waals surface area contributed by atoms with Crippen molar-refractivity contribution in [3.8, 4) is 11.1 Å². The molecule has 34 heavy (non-hydrogen) atoms. The number of rotatable bonds is 7. The lowest BCUT2D eigenvalue weighted by molar-refractivity contribution is -0.119. The Morgan fingerprint density at radius 1 is 0.824 bits per heavy atom. The molecule has 176 valence electrons. The van der Waals surface area contributed by atoms with Gasteiger partial charge in [0.1, 0.15) is 0 Å². The van der Waals surface area contributed by atoms with Gasteiger partial charge in [-0.05, 0) is 54.3 Å². The van der Waals surface area contributed by atoms with Crippen LogP contribution in [0.4, 0.5) is 5.69 Å². The summed E-state index contributed by atoms with van der Waals surface area (Å²) in [5.74, 6) is -1.17. The summed E-state index contributed by atoms with van der Waals surface area (Å²) in [6.45, 7) is 0.519. The van der Waals surface area contributed by atoms with E-state index in [0.717, 1.165) is 30.4 Å². The highest BCUT2D eigenvalue weighted by molar-refractivity contribution is 7.89.